The lowest BCUT2D eigenvalue weighted by Gasteiger charge is -2.40. The van der Waals surface area contributed by atoms with Gasteiger partial charge >= 0.3 is 0 Å². The first-order valence-corrected chi connectivity index (χ1v) is 6.31. The fraction of sp³-hybridized carbons (Fsp3) is 0.500. The van der Waals surface area contributed by atoms with Crippen molar-refractivity contribution >= 4 is 17.3 Å². The molecule has 0 saturated heterocycles. The van der Waals surface area contributed by atoms with Crippen molar-refractivity contribution in [2.24, 2.45) is 0 Å². The lowest BCUT2D eigenvalue weighted by atomic mass is 9.88. The molecule has 2 rings (SSSR count). The Morgan fingerprint density at radius 2 is 2.32 bits per heavy atom. The van der Waals surface area contributed by atoms with Gasteiger partial charge in [-0.2, -0.15) is 0 Å². The van der Waals surface area contributed by atoms with Crippen molar-refractivity contribution in [1.29, 1.82) is 0 Å². The van der Waals surface area contributed by atoms with Crippen molar-refractivity contribution < 1.29 is 19.5 Å². The summed E-state index contributed by atoms with van der Waals surface area (Å²) >= 11 is 5.93. The van der Waals surface area contributed by atoms with E-state index < -0.39 is 11.0 Å². The van der Waals surface area contributed by atoms with Crippen LogP contribution in [0, 0.1) is 10.1 Å². The molecule has 0 radical (unpaired) electrons. The Morgan fingerprint density at radius 3 is 2.84 bits per heavy atom. The van der Waals surface area contributed by atoms with Crippen LogP contribution in [-0.2, 0) is 4.74 Å². The van der Waals surface area contributed by atoms with Crippen LogP contribution in [0.5, 0.6) is 5.75 Å². The Labute approximate surface area is 115 Å². The van der Waals surface area contributed by atoms with E-state index in [1.165, 1.54) is 18.2 Å². The SMILES string of the molecule is CCOC1C(O)CC1Oc1ccc([N+](=O)[O-])cc1Cl. The molecule has 6 nitrogen and oxygen atoms in total. The standard InChI is InChI=1S/C12H14ClNO5/c1-2-18-12-9(15)6-11(12)19-10-4-3-7(14(16)17)5-8(10)13/h3-5,9,11-12,15H,2,6H2,1H3. The minimum atomic E-state index is -0.540. The van der Waals surface area contributed by atoms with Crippen molar-refractivity contribution in [2.75, 3.05) is 6.61 Å². The van der Waals surface area contributed by atoms with Gasteiger partial charge < -0.3 is 14.6 Å². The van der Waals surface area contributed by atoms with Gasteiger partial charge in [0.1, 0.15) is 18.0 Å². The summed E-state index contributed by atoms with van der Waals surface area (Å²) in [7, 11) is 0. The summed E-state index contributed by atoms with van der Waals surface area (Å²) in [4.78, 5) is 10.1. The second-order valence-corrected chi connectivity index (χ2v) is 4.66. The van der Waals surface area contributed by atoms with Crippen LogP contribution in [0.25, 0.3) is 0 Å². The van der Waals surface area contributed by atoms with Crippen LogP contribution >= 0.6 is 11.6 Å². The van der Waals surface area contributed by atoms with Gasteiger partial charge in [-0.15, -0.1) is 0 Å². The number of ether oxygens (including phenoxy) is 2. The maximum atomic E-state index is 10.6. The fourth-order valence-corrected chi connectivity index (χ4v) is 2.17. The summed E-state index contributed by atoms with van der Waals surface area (Å²) in [5, 5.41) is 20.3. The van der Waals surface area contributed by atoms with Crippen LogP contribution in [0.15, 0.2) is 18.2 Å². The number of nitro groups is 1. The van der Waals surface area contributed by atoms with E-state index in [2.05, 4.69) is 0 Å². The molecule has 104 valence electrons. The van der Waals surface area contributed by atoms with Gasteiger partial charge in [-0.3, -0.25) is 10.1 Å². The van der Waals surface area contributed by atoms with Gasteiger partial charge in [-0.05, 0) is 13.0 Å². The molecule has 19 heavy (non-hydrogen) atoms. The van der Waals surface area contributed by atoms with Crippen LogP contribution in [-0.4, -0.2) is 34.9 Å². The van der Waals surface area contributed by atoms with E-state index in [0.717, 1.165) is 0 Å². The molecule has 0 aliphatic heterocycles. The summed E-state index contributed by atoms with van der Waals surface area (Å²) < 4.78 is 11.0. The van der Waals surface area contributed by atoms with E-state index in [-0.39, 0.29) is 22.9 Å². The van der Waals surface area contributed by atoms with Crippen LogP contribution in [0.3, 0.4) is 0 Å². The van der Waals surface area contributed by atoms with Gasteiger partial charge in [0.05, 0.1) is 16.0 Å². The number of nitro benzene ring substituents is 1. The van der Waals surface area contributed by atoms with Crippen LogP contribution in [0.4, 0.5) is 5.69 Å². The van der Waals surface area contributed by atoms with E-state index in [9.17, 15) is 15.2 Å². The molecule has 1 N–H and O–H groups in total. The highest BCUT2D eigenvalue weighted by atomic mass is 35.5. The molecule has 0 bridgehead atoms. The van der Waals surface area contributed by atoms with Gasteiger partial charge in [-0.1, -0.05) is 11.6 Å². The number of nitrogens with zero attached hydrogens (tertiary/aromatic N) is 1. The van der Waals surface area contributed by atoms with Crippen molar-refractivity contribution in [3.05, 3.63) is 33.3 Å². The molecule has 1 aliphatic rings. The average Bonchev–Trinajstić information content (AvgIpc) is 2.37. The van der Waals surface area contributed by atoms with E-state index in [1.807, 2.05) is 6.92 Å². The van der Waals surface area contributed by atoms with Gasteiger partial charge in [0, 0.05) is 25.2 Å². The molecule has 1 aromatic carbocycles. The fourth-order valence-electron chi connectivity index (χ4n) is 1.95. The number of non-ortho nitro benzene ring substituents is 1. The van der Waals surface area contributed by atoms with Crippen LogP contribution in [0.2, 0.25) is 5.02 Å². The summed E-state index contributed by atoms with van der Waals surface area (Å²) in [6, 6.07) is 4.02. The highest BCUT2D eigenvalue weighted by Gasteiger charge is 2.42. The second kappa shape index (κ2) is 5.73. The minimum Gasteiger partial charge on any atom is -0.486 e. The summed E-state index contributed by atoms with van der Waals surface area (Å²) in [6.45, 7) is 2.32. The zero-order chi connectivity index (χ0) is 14.0. The molecule has 3 atom stereocenters. The summed E-state index contributed by atoms with van der Waals surface area (Å²) in [6.07, 6.45) is -0.746. The van der Waals surface area contributed by atoms with Gasteiger partial charge in [0.15, 0.2) is 0 Å². The maximum absolute atomic E-state index is 10.6. The van der Waals surface area contributed by atoms with Crippen molar-refractivity contribution in [3.8, 4) is 5.75 Å². The number of hydrogen-bond donors (Lipinski definition) is 1. The van der Waals surface area contributed by atoms with E-state index in [0.29, 0.717) is 18.8 Å². The topological polar surface area (TPSA) is 81.8 Å². The molecule has 1 saturated carbocycles. The largest absolute Gasteiger partial charge is 0.486 e. The predicted octanol–water partition coefficient (Wildman–Crippen LogP) is 2.17. The first kappa shape index (κ1) is 14.0. The predicted molar refractivity (Wildman–Crippen MR) is 68.6 cm³/mol. The molecular formula is C12H14ClNO5. The minimum absolute atomic E-state index is 0.0904. The number of benzene rings is 1. The third-order valence-electron chi connectivity index (χ3n) is 2.98. The Balaban J connectivity index is 2.05. The Bertz CT molecular complexity index is 481. The number of rotatable bonds is 5. The lowest BCUT2D eigenvalue weighted by molar-refractivity contribution is -0.384. The third-order valence-corrected chi connectivity index (χ3v) is 3.28. The van der Waals surface area contributed by atoms with Crippen molar-refractivity contribution in [1.82, 2.24) is 0 Å². The normalized spacial score (nSPS) is 25.7. The molecule has 7 heteroatoms. The van der Waals surface area contributed by atoms with E-state index in [4.69, 9.17) is 21.1 Å². The number of hydrogen-bond acceptors (Lipinski definition) is 5. The second-order valence-electron chi connectivity index (χ2n) is 4.25. The Kier molecular flexibility index (Phi) is 4.24. The molecule has 1 fully saturated rings. The zero-order valence-corrected chi connectivity index (χ0v) is 11.0. The average molecular weight is 288 g/mol. The molecule has 0 heterocycles. The summed E-state index contributed by atoms with van der Waals surface area (Å²) in [5.74, 6) is 0.355. The molecule has 1 aliphatic carbocycles. The molecular weight excluding hydrogens is 274 g/mol. The van der Waals surface area contributed by atoms with Crippen LogP contribution < -0.4 is 4.74 Å². The number of aliphatic hydroxyl groups is 1. The van der Waals surface area contributed by atoms with E-state index >= 15 is 0 Å². The molecule has 0 amide bonds. The monoisotopic (exact) mass is 287 g/mol. The smallest absolute Gasteiger partial charge is 0.271 e. The van der Waals surface area contributed by atoms with Gasteiger partial charge in [0.25, 0.3) is 5.69 Å². The molecule has 1 aromatic rings. The number of aliphatic hydroxyl groups excluding tert-OH is 1. The van der Waals surface area contributed by atoms with Crippen LogP contribution in [0.1, 0.15) is 13.3 Å². The Morgan fingerprint density at radius 1 is 1.58 bits per heavy atom. The molecule has 3 unspecified atom stereocenters. The first-order valence-electron chi connectivity index (χ1n) is 5.93. The number of halogens is 1. The van der Waals surface area contributed by atoms with Crippen molar-refractivity contribution in [2.45, 2.75) is 31.7 Å². The third kappa shape index (κ3) is 2.97. The quantitative estimate of drug-likeness (QED) is 0.663. The zero-order valence-electron chi connectivity index (χ0n) is 10.3. The van der Waals surface area contributed by atoms with Gasteiger partial charge in [0.2, 0.25) is 0 Å². The lowest BCUT2D eigenvalue weighted by Crippen LogP contribution is -2.55. The summed E-state index contributed by atoms with van der Waals surface area (Å²) in [5.41, 5.74) is -0.0904. The molecule has 0 aromatic heterocycles. The van der Waals surface area contributed by atoms with Gasteiger partial charge in [-0.25, -0.2) is 0 Å². The highest BCUT2D eigenvalue weighted by Crippen LogP contribution is 2.34. The highest BCUT2D eigenvalue weighted by molar-refractivity contribution is 6.32. The molecule has 0 spiro atoms. The van der Waals surface area contributed by atoms with E-state index in [1.54, 1.807) is 0 Å². The first-order chi connectivity index (χ1) is 9.02. The van der Waals surface area contributed by atoms with Crippen molar-refractivity contribution in [3.63, 3.8) is 0 Å². The maximum Gasteiger partial charge on any atom is 0.271 e. The Hall–Kier alpha value is -1.37.